The third-order valence-electron chi connectivity index (χ3n) is 5.33. The second kappa shape index (κ2) is 15.5. The summed E-state index contributed by atoms with van der Waals surface area (Å²) in [5.41, 5.74) is 0.868. The summed E-state index contributed by atoms with van der Waals surface area (Å²) in [6.07, 6.45) is 3.70. The predicted octanol–water partition coefficient (Wildman–Crippen LogP) is 3.52. The molecule has 0 fully saturated rings. The van der Waals surface area contributed by atoms with E-state index in [2.05, 4.69) is 0 Å². The van der Waals surface area contributed by atoms with Gasteiger partial charge in [0.15, 0.2) is 0 Å². The van der Waals surface area contributed by atoms with Crippen LogP contribution in [0.15, 0.2) is 60.7 Å². The number of benzene rings is 2. The molecule has 2 aromatic carbocycles. The van der Waals surface area contributed by atoms with Crippen LogP contribution >= 0.6 is 0 Å². The monoisotopic (exact) mass is 524 g/mol. The molecule has 0 aliphatic heterocycles. The van der Waals surface area contributed by atoms with Gasteiger partial charge in [-0.3, -0.25) is 19.2 Å². The van der Waals surface area contributed by atoms with Crippen molar-refractivity contribution in [2.75, 3.05) is 13.2 Å². The van der Waals surface area contributed by atoms with Crippen LogP contribution in [0.3, 0.4) is 0 Å². The normalized spacial score (nSPS) is 12.2. The van der Waals surface area contributed by atoms with Crippen LogP contribution in [0.25, 0.3) is 0 Å². The van der Waals surface area contributed by atoms with Crippen LogP contribution in [0.2, 0.25) is 0 Å². The highest BCUT2D eigenvalue weighted by Gasteiger charge is 2.22. The first kappa shape index (κ1) is 29.6. The molecule has 0 saturated heterocycles. The smallest absolute Gasteiger partial charge is 0.331 e. The number of carbonyl (C=O) groups excluding carboxylic acids is 6. The largest absolute Gasteiger partial charge is 0.462 e. The first-order valence-corrected chi connectivity index (χ1v) is 11.8. The topological polar surface area (TPSA) is 139 Å². The maximum atomic E-state index is 12.3. The summed E-state index contributed by atoms with van der Waals surface area (Å²) in [4.78, 5) is 70.0. The highest BCUT2D eigenvalue weighted by Crippen LogP contribution is 2.16. The lowest BCUT2D eigenvalue weighted by Crippen LogP contribution is -2.26. The first-order chi connectivity index (χ1) is 18.3. The number of aldehydes is 2. The van der Waals surface area contributed by atoms with Crippen molar-refractivity contribution in [3.05, 3.63) is 71.8 Å². The summed E-state index contributed by atoms with van der Waals surface area (Å²) < 4.78 is 20.5. The quantitative estimate of drug-likeness (QED) is 0.156. The molecule has 10 heteroatoms. The van der Waals surface area contributed by atoms with Gasteiger partial charge in [0.25, 0.3) is 0 Å². The fraction of sp³-hybridized carbons (Fsp3) is 0.286. The molecule has 2 unspecified atom stereocenters. The number of rotatable bonds is 14. The Balaban J connectivity index is 1.77. The SMILES string of the molecule is CCC(COC(=O)/C=C/C(=O)OCC(CC)C(=O)Oc1ccc(C=O)cc1)C(=O)Oc1ccc(C=O)cc1. The van der Waals surface area contributed by atoms with E-state index in [1.54, 1.807) is 13.8 Å². The molecule has 0 bridgehead atoms. The molecule has 0 spiro atoms. The Hall–Kier alpha value is -4.60. The van der Waals surface area contributed by atoms with Crippen molar-refractivity contribution in [3.8, 4) is 11.5 Å². The molecular weight excluding hydrogens is 496 g/mol. The van der Waals surface area contributed by atoms with Crippen molar-refractivity contribution in [3.63, 3.8) is 0 Å². The van der Waals surface area contributed by atoms with Crippen LogP contribution in [-0.2, 0) is 28.7 Å². The fourth-order valence-electron chi connectivity index (χ4n) is 2.93. The molecule has 0 saturated carbocycles. The Bertz CT molecular complexity index is 1060. The van der Waals surface area contributed by atoms with E-state index in [1.807, 2.05) is 0 Å². The van der Waals surface area contributed by atoms with Crippen molar-refractivity contribution in [1.29, 1.82) is 0 Å². The second-order valence-electron chi connectivity index (χ2n) is 8.02. The van der Waals surface area contributed by atoms with Crippen LogP contribution < -0.4 is 9.47 Å². The summed E-state index contributed by atoms with van der Waals surface area (Å²) in [5.74, 6) is -3.94. The Labute approximate surface area is 219 Å². The maximum absolute atomic E-state index is 12.3. The second-order valence-corrected chi connectivity index (χ2v) is 8.02. The molecule has 10 nitrogen and oxygen atoms in total. The maximum Gasteiger partial charge on any atom is 0.331 e. The third-order valence-corrected chi connectivity index (χ3v) is 5.33. The van der Waals surface area contributed by atoms with E-state index >= 15 is 0 Å². The van der Waals surface area contributed by atoms with Gasteiger partial charge in [-0.15, -0.1) is 0 Å². The minimum Gasteiger partial charge on any atom is -0.462 e. The molecule has 0 heterocycles. The lowest BCUT2D eigenvalue weighted by molar-refractivity contribution is -0.149. The molecule has 2 rings (SSSR count). The zero-order valence-electron chi connectivity index (χ0n) is 21.0. The first-order valence-electron chi connectivity index (χ1n) is 11.8. The van der Waals surface area contributed by atoms with Crippen molar-refractivity contribution in [2.45, 2.75) is 26.7 Å². The van der Waals surface area contributed by atoms with E-state index in [-0.39, 0.29) is 24.7 Å². The van der Waals surface area contributed by atoms with E-state index in [0.717, 1.165) is 12.2 Å². The van der Waals surface area contributed by atoms with Gasteiger partial charge in [0, 0.05) is 23.3 Å². The van der Waals surface area contributed by atoms with E-state index in [4.69, 9.17) is 18.9 Å². The van der Waals surface area contributed by atoms with Gasteiger partial charge < -0.3 is 18.9 Å². The van der Waals surface area contributed by atoms with Crippen LogP contribution in [0.1, 0.15) is 47.4 Å². The van der Waals surface area contributed by atoms with Crippen molar-refractivity contribution in [1.82, 2.24) is 0 Å². The summed E-state index contributed by atoms with van der Waals surface area (Å²) in [5, 5.41) is 0. The fourth-order valence-corrected chi connectivity index (χ4v) is 2.93. The van der Waals surface area contributed by atoms with Gasteiger partial charge >= 0.3 is 23.9 Å². The number of hydrogen-bond acceptors (Lipinski definition) is 10. The van der Waals surface area contributed by atoms with Crippen molar-refractivity contribution < 1.29 is 47.7 Å². The minimum atomic E-state index is -0.867. The van der Waals surface area contributed by atoms with Crippen molar-refractivity contribution in [2.24, 2.45) is 11.8 Å². The Morgan fingerprint density at radius 1 is 0.632 bits per heavy atom. The number of hydrogen-bond donors (Lipinski definition) is 0. The molecular formula is C28H28O10. The molecule has 2 atom stereocenters. The summed E-state index contributed by atoms with van der Waals surface area (Å²) in [6.45, 7) is 2.91. The summed E-state index contributed by atoms with van der Waals surface area (Å²) >= 11 is 0. The average molecular weight is 525 g/mol. The zero-order valence-corrected chi connectivity index (χ0v) is 21.0. The van der Waals surface area contributed by atoms with Gasteiger partial charge in [-0.25, -0.2) is 9.59 Å². The summed E-state index contributed by atoms with van der Waals surface area (Å²) in [6, 6.07) is 11.9. The predicted molar refractivity (Wildman–Crippen MR) is 134 cm³/mol. The van der Waals surface area contributed by atoms with Crippen LogP contribution in [0.4, 0.5) is 0 Å². The lowest BCUT2D eigenvalue weighted by Gasteiger charge is -2.14. The van der Waals surface area contributed by atoms with E-state index in [1.165, 1.54) is 48.5 Å². The minimum absolute atomic E-state index is 0.248. The molecule has 0 aliphatic carbocycles. The van der Waals surface area contributed by atoms with Gasteiger partial charge in [-0.1, -0.05) is 13.8 Å². The molecule has 0 N–H and O–H groups in total. The Morgan fingerprint density at radius 3 is 1.26 bits per heavy atom. The molecule has 2 aromatic rings. The standard InChI is InChI=1S/C28H28O10/c1-3-21(27(33)37-23-9-5-19(15-29)6-10-23)17-35-25(31)13-14-26(32)36-18-22(4-2)28(34)38-24-11-7-20(16-30)8-12-24/h5-16,21-22H,3-4,17-18H2,1-2H3/b14-13+. The van der Waals surface area contributed by atoms with Crippen molar-refractivity contribution >= 4 is 36.4 Å². The van der Waals surface area contributed by atoms with E-state index in [0.29, 0.717) is 36.5 Å². The molecule has 0 amide bonds. The van der Waals surface area contributed by atoms with Gasteiger partial charge in [0.2, 0.25) is 0 Å². The summed E-state index contributed by atoms with van der Waals surface area (Å²) in [7, 11) is 0. The average Bonchev–Trinajstić information content (AvgIpc) is 2.93. The van der Waals surface area contributed by atoms with Gasteiger partial charge in [-0.2, -0.15) is 0 Å². The van der Waals surface area contributed by atoms with E-state index in [9.17, 15) is 28.8 Å². The zero-order chi connectivity index (χ0) is 27.9. The Kier molecular flexibility index (Phi) is 12.1. The van der Waals surface area contributed by atoms with Gasteiger partial charge in [0.05, 0.1) is 11.8 Å². The van der Waals surface area contributed by atoms with Gasteiger partial charge in [0.1, 0.15) is 37.3 Å². The molecule has 38 heavy (non-hydrogen) atoms. The lowest BCUT2D eigenvalue weighted by atomic mass is 10.1. The number of carbonyl (C=O) groups is 6. The van der Waals surface area contributed by atoms with Crippen LogP contribution in [0, 0.1) is 11.8 Å². The Morgan fingerprint density at radius 2 is 0.974 bits per heavy atom. The molecule has 0 radical (unpaired) electrons. The highest BCUT2D eigenvalue weighted by molar-refractivity contribution is 5.92. The highest BCUT2D eigenvalue weighted by atomic mass is 16.6. The number of ether oxygens (including phenoxy) is 4. The molecule has 0 aromatic heterocycles. The van der Waals surface area contributed by atoms with Gasteiger partial charge in [-0.05, 0) is 61.4 Å². The van der Waals surface area contributed by atoms with E-state index < -0.39 is 35.7 Å². The molecule has 0 aliphatic rings. The van der Waals surface area contributed by atoms with Crippen LogP contribution in [0.5, 0.6) is 11.5 Å². The molecule has 200 valence electrons. The third kappa shape index (κ3) is 9.81. The van der Waals surface area contributed by atoms with Crippen LogP contribution in [-0.4, -0.2) is 49.7 Å². The number of esters is 4.